The molecule has 2 rings (SSSR count). The highest BCUT2D eigenvalue weighted by Gasteiger charge is 2.33. The van der Waals surface area contributed by atoms with Gasteiger partial charge in [0, 0.05) is 11.8 Å². The molecule has 2 atom stereocenters. The summed E-state index contributed by atoms with van der Waals surface area (Å²) in [7, 11) is 0. The fourth-order valence-corrected chi connectivity index (χ4v) is 3.37. The number of rotatable bonds is 3. The molecular weight excluding hydrogens is 246 g/mol. The van der Waals surface area contributed by atoms with Crippen LogP contribution in [-0.2, 0) is 5.88 Å². The molecule has 1 aliphatic rings. The lowest BCUT2D eigenvalue weighted by Crippen LogP contribution is -2.34. The van der Waals surface area contributed by atoms with E-state index < -0.39 is 0 Å². The number of pyridine rings is 1. The molecule has 0 N–H and O–H groups in total. The number of alkyl halides is 1. The van der Waals surface area contributed by atoms with Gasteiger partial charge in [-0.25, -0.2) is 0 Å². The number of halogens is 1. The topological polar surface area (TPSA) is 22.1 Å². The van der Waals surface area contributed by atoms with E-state index in [0.717, 1.165) is 30.1 Å². The van der Waals surface area contributed by atoms with Crippen LogP contribution in [0.5, 0.6) is 5.75 Å². The molecule has 0 bridgehead atoms. The summed E-state index contributed by atoms with van der Waals surface area (Å²) in [5.74, 6) is 2.04. The molecule has 0 saturated heterocycles. The maximum absolute atomic E-state index is 6.14. The van der Waals surface area contributed by atoms with Gasteiger partial charge in [0.2, 0.25) is 0 Å². The molecule has 3 heteroatoms. The van der Waals surface area contributed by atoms with Gasteiger partial charge in [-0.1, -0.05) is 20.8 Å². The molecule has 0 aliphatic heterocycles. The Morgan fingerprint density at radius 2 is 2.22 bits per heavy atom. The Morgan fingerprint density at radius 1 is 1.44 bits per heavy atom. The SMILES string of the molecule is CC1CC(Oc2cnccc2CCl)CC(C)(C)C1. The van der Waals surface area contributed by atoms with Crippen molar-refractivity contribution in [2.45, 2.75) is 52.0 Å². The third-order valence-corrected chi connectivity index (χ3v) is 3.94. The molecular formula is C15H22ClNO. The Morgan fingerprint density at radius 3 is 2.89 bits per heavy atom. The third kappa shape index (κ3) is 3.38. The van der Waals surface area contributed by atoms with Crippen molar-refractivity contribution in [3.05, 3.63) is 24.0 Å². The number of ether oxygens (including phenoxy) is 1. The van der Waals surface area contributed by atoms with E-state index in [4.69, 9.17) is 16.3 Å². The molecule has 2 unspecified atom stereocenters. The maximum Gasteiger partial charge on any atom is 0.142 e. The predicted molar refractivity (Wildman–Crippen MR) is 75.0 cm³/mol. The van der Waals surface area contributed by atoms with Gasteiger partial charge in [-0.15, -0.1) is 11.6 Å². The molecule has 100 valence electrons. The predicted octanol–water partition coefficient (Wildman–Crippen LogP) is 4.41. The van der Waals surface area contributed by atoms with Crippen molar-refractivity contribution in [3.8, 4) is 5.75 Å². The minimum absolute atomic E-state index is 0.287. The third-order valence-electron chi connectivity index (χ3n) is 3.65. The fraction of sp³-hybridized carbons (Fsp3) is 0.667. The van der Waals surface area contributed by atoms with Crippen molar-refractivity contribution >= 4 is 11.6 Å². The summed E-state index contributed by atoms with van der Waals surface area (Å²) in [5.41, 5.74) is 1.40. The fourth-order valence-electron chi connectivity index (χ4n) is 3.15. The second-order valence-electron chi connectivity index (χ2n) is 6.27. The highest BCUT2D eigenvalue weighted by molar-refractivity contribution is 6.17. The van der Waals surface area contributed by atoms with Gasteiger partial charge in [0.05, 0.1) is 18.2 Å². The summed E-state index contributed by atoms with van der Waals surface area (Å²) in [4.78, 5) is 4.13. The number of hydrogen-bond acceptors (Lipinski definition) is 2. The number of aromatic nitrogens is 1. The Labute approximate surface area is 115 Å². The summed E-state index contributed by atoms with van der Waals surface area (Å²) < 4.78 is 6.14. The highest BCUT2D eigenvalue weighted by Crippen LogP contribution is 2.40. The summed E-state index contributed by atoms with van der Waals surface area (Å²) in [6.45, 7) is 6.96. The van der Waals surface area contributed by atoms with Crippen LogP contribution >= 0.6 is 11.6 Å². The first-order chi connectivity index (χ1) is 8.50. The molecule has 0 aromatic carbocycles. The van der Waals surface area contributed by atoms with Crippen molar-refractivity contribution in [1.82, 2.24) is 4.98 Å². The van der Waals surface area contributed by atoms with Gasteiger partial charge >= 0.3 is 0 Å². The van der Waals surface area contributed by atoms with Crippen molar-refractivity contribution in [3.63, 3.8) is 0 Å². The minimum Gasteiger partial charge on any atom is -0.488 e. The van der Waals surface area contributed by atoms with E-state index in [2.05, 4.69) is 25.8 Å². The zero-order chi connectivity index (χ0) is 13.2. The van der Waals surface area contributed by atoms with Crippen molar-refractivity contribution in [2.24, 2.45) is 11.3 Å². The maximum atomic E-state index is 6.14. The first-order valence-corrected chi connectivity index (χ1v) is 7.19. The average Bonchev–Trinajstić information content (AvgIpc) is 2.27. The Bertz CT molecular complexity index is 405. The smallest absolute Gasteiger partial charge is 0.142 e. The van der Waals surface area contributed by atoms with Crippen LogP contribution in [0.2, 0.25) is 0 Å². The van der Waals surface area contributed by atoms with Gasteiger partial charge in [-0.05, 0) is 36.7 Å². The van der Waals surface area contributed by atoms with Crippen molar-refractivity contribution < 1.29 is 4.74 Å². The summed E-state index contributed by atoms with van der Waals surface area (Å²) in [6, 6.07) is 1.93. The molecule has 1 aromatic rings. The summed E-state index contributed by atoms with van der Waals surface area (Å²) in [6.07, 6.45) is 7.34. The Kier molecular flexibility index (Phi) is 4.16. The van der Waals surface area contributed by atoms with E-state index in [0.29, 0.717) is 11.3 Å². The van der Waals surface area contributed by atoms with Crippen LogP contribution in [0.25, 0.3) is 0 Å². The first-order valence-electron chi connectivity index (χ1n) is 6.66. The van der Waals surface area contributed by atoms with Gasteiger partial charge in [-0.3, -0.25) is 4.98 Å². The average molecular weight is 268 g/mol. The standard InChI is InChI=1S/C15H22ClNO/c1-11-6-13(8-15(2,3)7-11)18-14-10-17-5-4-12(14)9-16/h4-5,10-11,13H,6-9H2,1-3H3. The summed E-state index contributed by atoms with van der Waals surface area (Å²) >= 11 is 5.93. The quantitative estimate of drug-likeness (QED) is 0.757. The zero-order valence-electron chi connectivity index (χ0n) is 11.4. The van der Waals surface area contributed by atoms with Gasteiger partial charge < -0.3 is 4.74 Å². The second-order valence-corrected chi connectivity index (χ2v) is 6.54. The van der Waals surface area contributed by atoms with E-state index in [1.165, 1.54) is 6.42 Å². The molecule has 1 fully saturated rings. The molecule has 18 heavy (non-hydrogen) atoms. The van der Waals surface area contributed by atoms with E-state index in [9.17, 15) is 0 Å². The van der Waals surface area contributed by atoms with Gasteiger partial charge in [-0.2, -0.15) is 0 Å². The second kappa shape index (κ2) is 5.48. The monoisotopic (exact) mass is 267 g/mol. The molecule has 2 nitrogen and oxygen atoms in total. The Balaban J connectivity index is 2.09. The Hall–Kier alpha value is -0.760. The van der Waals surface area contributed by atoms with Crippen molar-refractivity contribution in [1.29, 1.82) is 0 Å². The van der Waals surface area contributed by atoms with Crippen LogP contribution in [0.1, 0.15) is 45.6 Å². The molecule has 0 spiro atoms. The van der Waals surface area contributed by atoms with Crippen LogP contribution in [0.3, 0.4) is 0 Å². The lowest BCUT2D eigenvalue weighted by atomic mass is 9.71. The summed E-state index contributed by atoms with van der Waals surface area (Å²) in [5, 5.41) is 0. The molecule has 0 radical (unpaired) electrons. The lowest BCUT2D eigenvalue weighted by molar-refractivity contribution is 0.0555. The molecule has 1 saturated carbocycles. The van der Waals surface area contributed by atoms with Gasteiger partial charge in [0.15, 0.2) is 0 Å². The van der Waals surface area contributed by atoms with Crippen LogP contribution < -0.4 is 4.74 Å². The normalized spacial score (nSPS) is 26.9. The number of nitrogens with zero attached hydrogens (tertiary/aromatic N) is 1. The van der Waals surface area contributed by atoms with Crippen LogP contribution in [-0.4, -0.2) is 11.1 Å². The molecule has 1 aliphatic carbocycles. The van der Waals surface area contributed by atoms with E-state index >= 15 is 0 Å². The van der Waals surface area contributed by atoms with E-state index in [-0.39, 0.29) is 6.10 Å². The first kappa shape index (κ1) is 13.7. The molecule has 1 heterocycles. The molecule has 0 amide bonds. The lowest BCUT2D eigenvalue weighted by Gasteiger charge is -2.39. The zero-order valence-corrected chi connectivity index (χ0v) is 12.2. The van der Waals surface area contributed by atoms with Crippen LogP contribution in [0.15, 0.2) is 18.5 Å². The van der Waals surface area contributed by atoms with Crippen LogP contribution in [0, 0.1) is 11.3 Å². The molecule has 1 aromatic heterocycles. The van der Waals surface area contributed by atoms with E-state index in [1.54, 1.807) is 12.4 Å². The largest absolute Gasteiger partial charge is 0.488 e. The number of hydrogen-bond donors (Lipinski definition) is 0. The minimum atomic E-state index is 0.287. The van der Waals surface area contributed by atoms with Crippen molar-refractivity contribution in [2.75, 3.05) is 0 Å². The highest BCUT2D eigenvalue weighted by atomic mass is 35.5. The van der Waals surface area contributed by atoms with Gasteiger partial charge in [0.1, 0.15) is 5.75 Å². The van der Waals surface area contributed by atoms with Crippen LogP contribution in [0.4, 0.5) is 0 Å². The van der Waals surface area contributed by atoms with E-state index in [1.807, 2.05) is 6.07 Å². The van der Waals surface area contributed by atoms with Gasteiger partial charge in [0.25, 0.3) is 0 Å².